The number of hydrogen-bond acceptors (Lipinski definition) is 0. The average molecular weight is 726 g/mol. The minimum Gasteiger partial charge on any atom is -0.310 e. The van der Waals surface area contributed by atoms with Gasteiger partial charge in [0, 0.05) is 44.2 Å². The summed E-state index contributed by atoms with van der Waals surface area (Å²) in [5, 5.41) is 5.54. The number of hydrogen-bond donors (Lipinski definition) is 0. The summed E-state index contributed by atoms with van der Waals surface area (Å²) in [6, 6.07) is 31.0. The maximum atomic E-state index is 2.59. The fraction of sp³-hybridized carbons (Fsp3) is 0. The van der Waals surface area contributed by atoms with Crippen LogP contribution in [0.3, 0.4) is 0 Å². The minimum absolute atomic E-state index is 1.20. The van der Waals surface area contributed by atoms with E-state index in [1.165, 1.54) is 154 Å². The van der Waals surface area contributed by atoms with E-state index in [4.69, 9.17) is 0 Å². The fourth-order valence-corrected chi connectivity index (χ4v) is 10.7. The van der Waals surface area contributed by atoms with Crippen LogP contribution in [0.2, 0.25) is 0 Å². The summed E-state index contributed by atoms with van der Waals surface area (Å²) >= 11 is 0. The highest BCUT2D eigenvalue weighted by molar-refractivity contribution is 6.72. The molecule has 0 fully saturated rings. The Labute approximate surface area is 355 Å². The van der Waals surface area contributed by atoms with Gasteiger partial charge in [-0.25, -0.2) is 0 Å². The van der Waals surface area contributed by atoms with Crippen LogP contribution in [0.4, 0.5) is 0 Å². The number of rotatable bonds is 4. The van der Waals surface area contributed by atoms with E-state index < -0.39 is 0 Å². The molecule has 0 radical (unpaired) electrons. The molecule has 2 heterocycles. The summed E-state index contributed by atoms with van der Waals surface area (Å²) in [6.07, 6.45) is 0. The number of nitrogens with zero attached hydrogens (tertiary/aromatic N) is 2. The van der Waals surface area contributed by atoms with Crippen LogP contribution in [0.15, 0.2) is 84.9 Å². The first-order valence-corrected chi connectivity index (χ1v) is 21.0. The van der Waals surface area contributed by atoms with Crippen molar-refractivity contribution < 1.29 is 0 Å². The van der Waals surface area contributed by atoms with Gasteiger partial charge in [0.1, 0.15) is 110 Å². The van der Waals surface area contributed by atoms with Crippen molar-refractivity contribution in [3.05, 3.63) is 84.9 Å². The Morgan fingerprint density at radius 3 is 0.931 bits per heavy atom. The first kappa shape index (κ1) is 38.6. The Balaban J connectivity index is 1.44. The molecule has 16 heteroatoms. The predicted molar refractivity (Wildman–Crippen MR) is 300 cm³/mol. The van der Waals surface area contributed by atoms with E-state index in [0.29, 0.717) is 0 Å². The van der Waals surface area contributed by atoms with Crippen molar-refractivity contribution >= 4 is 230 Å². The lowest BCUT2D eigenvalue weighted by Gasteiger charge is -2.24. The van der Waals surface area contributed by atoms with Crippen molar-refractivity contribution in [3.8, 4) is 33.6 Å². The molecule has 0 saturated heterocycles. The quantitative estimate of drug-likeness (QED) is 0.160. The monoisotopic (exact) mass is 728 g/mol. The molecule has 2 aromatic heterocycles. The number of para-hydroxylation sites is 1. The Kier molecular flexibility index (Phi) is 9.19. The van der Waals surface area contributed by atoms with Crippen molar-refractivity contribution in [1.82, 2.24) is 9.13 Å². The van der Waals surface area contributed by atoms with Gasteiger partial charge in [0.05, 0.1) is 0 Å². The maximum absolute atomic E-state index is 2.59. The van der Waals surface area contributed by atoms with E-state index in [0.717, 1.165) is 0 Å². The Hall–Kier alpha value is -4.95. The van der Waals surface area contributed by atoms with Crippen LogP contribution < -0.4 is 76.5 Å². The lowest BCUT2D eigenvalue weighted by atomic mass is 9.61. The zero-order valence-electron chi connectivity index (χ0n) is 37.0. The summed E-state index contributed by atoms with van der Waals surface area (Å²) in [7, 11) is 32.9. The van der Waals surface area contributed by atoms with E-state index in [9.17, 15) is 0 Å². The molecule has 0 saturated carbocycles. The third-order valence-electron chi connectivity index (χ3n) is 14.8. The summed E-state index contributed by atoms with van der Waals surface area (Å²) in [5.74, 6) is 0. The van der Waals surface area contributed by atoms with Gasteiger partial charge < -0.3 is 9.13 Å². The standard InChI is InChI=1S/C42H42B14N2/c43-25-19(27(45)35(53)39-21(25)23-29(47)31(49)33(51)37(55)41(23)57(39)17-9-5-2-6-10-17)20-26(44)22-24-30(48)32(50)34(52)38(56)42(24)58(40(22)36(54)28(20)46)18-13-11-16(12-14-18)15-7-3-1-4-8-15/h1-14H,43-56H2. The number of aromatic nitrogens is 2. The van der Waals surface area contributed by atoms with E-state index in [-0.39, 0.29) is 0 Å². The summed E-state index contributed by atoms with van der Waals surface area (Å²) in [6.45, 7) is 0. The number of fused-ring (bicyclic) bond motifs is 6. The highest BCUT2D eigenvalue weighted by atomic mass is 15.0. The lowest BCUT2D eigenvalue weighted by molar-refractivity contribution is 1.19. The molecule has 0 amide bonds. The van der Waals surface area contributed by atoms with Crippen LogP contribution >= 0.6 is 0 Å². The first-order chi connectivity index (χ1) is 27.7. The normalized spacial score (nSPS) is 11.7. The van der Waals surface area contributed by atoms with Crippen molar-refractivity contribution in [2.75, 3.05) is 0 Å². The molecule has 0 spiro atoms. The lowest BCUT2D eigenvalue weighted by Crippen LogP contribution is -2.48. The molecule has 0 aliphatic carbocycles. The van der Waals surface area contributed by atoms with Crippen LogP contribution in [-0.4, -0.2) is 119 Å². The second-order valence-corrected chi connectivity index (χ2v) is 17.3. The van der Waals surface area contributed by atoms with Crippen molar-refractivity contribution in [2.45, 2.75) is 0 Å². The molecular weight excluding hydrogens is 684 g/mol. The predicted octanol–water partition coefficient (Wildman–Crippen LogP) is -13.2. The van der Waals surface area contributed by atoms with Crippen LogP contribution in [0, 0.1) is 0 Å². The largest absolute Gasteiger partial charge is 0.310 e. The molecule has 9 aromatic rings. The molecule has 7 aromatic carbocycles. The highest BCUT2D eigenvalue weighted by Gasteiger charge is 2.29. The Bertz CT molecular complexity index is 3250. The molecule has 262 valence electrons. The molecule has 0 unspecified atom stereocenters. The molecule has 2 nitrogen and oxygen atoms in total. The SMILES string of the molecule is Bc1c(B)c(B)c2c(c1B)c1c(B)c(-c3c(B)c(B)c4c(c3B)c3c(B)c(B)c(B)c(B)c3n4-c3ccc(-c4ccccc4)cc3)c(B)c(B)c1n2-c1ccccc1. The molecule has 58 heavy (non-hydrogen) atoms. The molecule has 0 bridgehead atoms. The molecular formula is C42H42B14N2. The summed E-state index contributed by atoms with van der Waals surface area (Å²) in [4.78, 5) is 0. The van der Waals surface area contributed by atoms with Gasteiger partial charge in [-0.2, -0.15) is 0 Å². The van der Waals surface area contributed by atoms with E-state index in [2.05, 4.69) is 204 Å². The fourth-order valence-electron chi connectivity index (χ4n) is 10.7. The maximum Gasteiger partial charge on any atom is 0.141 e. The van der Waals surface area contributed by atoms with Gasteiger partial charge >= 0.3 is 0 Å². The van der Waals surface area contributed by atoms with Crippen LogP contribution in [-0.2, 0) is 0 Å². The summed E-state index contributed by atoms with van der Waals surface area (Å²) < 4.78 is 5.16. The Morgan fingerprint density at radius 1 is 0.241 bits per heavy atom. The zero-order valence-corrected chi connectivity index (χ0v) is 37.0. The van der Waals surface area contributed by atoms with Crippen molar-refractivity contribution in [3.63, 3.8) is 0 Å². The summed E-state index contributed by atoms with van der Waals surface area (Å²) in [5.41, 5.74) is 32.1. The molecule has 0 aliphatic rings. The molecule has 0 N–H and O–H groups in total. The number of benzene rings is 7. The van der Waals surface area contributed by atoms with Crippen molar-refractivity contribution in [1.29, 1.82) is 0 Å². The van der Waals surface area contributed by atoms with Crippen LogP contribution in [0.1, 0.15) is 0 Å². The Morgan fingerprint density at radius 2 is 0.534 bits per heavy atom. The highest BCUT2D eigenvalue weighted by Crippen LogP contribution is 2.32. The van der Waals surface area contributed by atoms with Gasteiger partial charge in [0.15, 0.2) is 0 Å². The van der Waals surface area contributed by atoms with Crippen LogP contribution in [0.25, 0.3) is 77.2 Å². The average Bonchev–Trinajstić information content (AvgIpc) is 3.79. The third-order valence-corrected chi connectivity index (χ3v) is 14.8. The topological polar surface area (TPSA) is 9.86 Å². The molecule has 0 atom stereocenters. The molecule has 9 rings (SSSR count). The van der Waals surface area contributed by atoms with Gasteiger partial charge in [-0.1, -0.05) is 126 Å². The molecule has 0 aliphatic heterocycles. The van der Waals surface area contributed by atoms with E-state index in [1.54, 1.807) is 0 Å². The zero-order chi connectivity index (χ0) is 41.2. The smallest absolute Gasteiger partial charge is 0.141 e. The first-order valence-electron chi connectivity index (χ1n) is 21.0. The van der Waals surface area contributed by atoms with Gasteiger partial charge in [-0.15, -0.1) is 10.9 Å². The van der Waals surface area contributed by atoms with Gasteiger partial charge in [0.2, 0.25) is 0 Å². The second-order valence-electron chi connectivity index (χ2n) is 17.3. The van der Waals surface area contributed by atoms with Gasteiger partial charge in [0.25, 0.3) is 0 Å². The van der Waals surface area contributed by atoms with E-state index in [1.807, 2.05) is 0 Å². The van der Waals surface area contributed by atoms with Crippen molar-refractivity contribution in [2.24, 2.45) is 0 Å². The van der Waals surface area contributed by atoms with Crippen LogP contribution in [0.5, 0.6) is 0 Å². The van der Waals surface area contributed by atoms with E-state index >= 15 is 0 Å². The second kappa shape index (κ2) is 13.8. The van der Waals surface area contributed by atoms with Gasteiger partial charge in [-0.3, -0.25) is 0 Å². The minimum atomic E-state index is 1.20. The van der Waals surface area contributed by atoms with Gasteiger partial charge in [-0.05, 0) is 57.3 Å². The third kappa shape index (κ3) is 5.18.